The smallest absolute Gasteiger partial charge is 0.178 e. The quantitative estimate of drug-likeness (QED) is 0.775. The number of H-pyrrole nitrogens is 1. The fourth-order valence-electron chi connectivity index (χ4n) is 2.11. The summed E-state index contributed by atoms with van der Waals surface area (Å²) in [6, 6.07) is 12.6. The van der Waals surface area contributed by atoms with Crippen LogP contribution in [0.25, 0.3) is 22.6 Å². The van der Waals surface area contributed by atoms with E-state index < -0.39 is 0 Å². The van der Waals surface area contributed by atoms with Gasteiger partial charge in [0.1, 0.15) is 29.5 Å². The zero-order valence-electron chi connectivity index (χ0n) is 12.0. The van der Waals surface area contributed by atoms with Crippen molar-refractivity contribution in [2.45, 2.75) is 0 Å². The summed E-state index contributed by atoms with van der Waals surface area (Å²) in [5.41, 5.74) is 2.08. The third-order valence-electron chi connectivity index (χ3n) is 3.06. The molecular formula is C16H11N5O2. The summed E-state index contributed by atoms with van der Waals surface area (Å²) in [6.07, 6.45) is 1.67. The summed E-state index contributed by atoms with van der Waals surface area (Å²) in [6.45, 7) is -0.168. The summed E-state index contributed by atoms with van der Waals surface area (Å²) < 4.78 is 10.7. The minimum Gasteiger partial charge on any atom is -0.479 e. The monoisotopic (exact) mass is 305 g/mol. The lowest BCUT2D eigenvalue weighted by atomic mass is 10.2. The highest BCUT2D eigenvalue weighted by Gasteiger charge is 2.13. The first-order valence-corrected chi connectivity index (χ1v) is 6.76. The molecule has 0 aliphatic carbocycles. The molecule has 3 aromatic rings. The Labute approximate surface area is 131 Å². The van der Waals surface area contributed by atoms with Crippen LogP contribution in [0.5, 0.6) is 11.5 Å². The molecule has 7 nitrogen and oxygen atoms in total. The molecule has 112 valence electrons. The molecule has 0 saturated heterocycles. The first-order chi connectivity index (χ1) is 11.3. The molecule has 1 aromatic carbocycles. The van der Waals surface area contributed by atoms with E-state index in [0.717, 1.165) is 5.52 Å². The van der Waals surface area contributed by atoms with E-state index in [9.17, 15) is 0 Å². The number of benzene rings is 1. The fraction of sp³-hybridized carbons (Fsp3) is 0.125. The fourth-order valence-corrected chi connectivity index (χ4v) is 2.11. The van der Waals surface area contributed by atoms with E-state index in [1.807, 2.05) is 24.3 Å². The van der Waals surface area contributed by atoms with Crippen LogP contribution < -0.4 is 9.47 Å². The van der Waals surface area contributed by atoms with Crippen LogP contribution in [0.1, 0.15) is 0 Å². The normalized spacial score (nSPS) is 10.0. The van der Waals surface area contributed by atoms with Crippen molar-refractivity contribution < 1.29 is 9.47 Å². The standard InChI is InChI=1S/C16H11N5O2/c17-5-8-22-11-3-4-12(14(10-11)23-9-6-18)15-20-13-2-1-7-19-16(13)21-15/h1-4,7,10H,8-9H2,(H,19,20,21). The van der Waals surface area contributed by atoms with Crippen molar-refractivity contribution in [3.8, 4) is 35.0 Å². The maximum Gasteiger partial charge on any atom is 0.178 e. The highest BCUT2D eigenvalue weighted by Crippen LogP contribution is 2.32. The third kappa shape index (κ3) is 3.04. The number of pyridine rings is 1. The van der Waals surface area contributed by atoms with Crippen LogP contribution in [-0.2, 0) is 0 Å². The molecule has 0 amide bonds. The van der Waals surface area contributed by atoms with E-state index in [1.54, 1.807) is 24.4 Å². The topological polar surface area (TPSA) is 108 Å². The lowest BCUT2D eigenvalue weighted by Gasteiger charge is -2.10. The van der Waals surface area contributed by atoms with Crippen molar-refractivity contribution in [1.82, 2.24) is 15.0 Å². The van der Waals surface area contributed by atoms with E-state index in [4.69, 9.17) is 20.0 Å². The highest BCUT2D eigenvalue weighted by atomic mass is 16.5. The number of nitrogens with one attached hydrogen (secondary N) is 1. The molecule has 7 heteroatoms. The summed E-state index contributed by atoms with van der Waals surface area (Å²) in [5.74, 6) is 1.51. The molecule has 0 radical (unpaired) electrons. The average Bonchev–Trinajstić information content (AvgIpc) is 3.02. The van der Waals surface area contributed by atoms with Gasteiger partial charge >= 0.3 is 0 Å². The Bertz CT molecular complexity index is 887. The Morgan fingerprint density at radius 1 is 1.09 bits per heavy atom. The lowest BCUT2D eigenvalue weighted by molar-refractivity contribution is 0.350. The number of aromatic nitrogens is 3. The van der Waals surface area contributed by atoms with Crippen molar-refractivity contribution in [2.24, 2.45) is 0 Å². The lowest BCUT2D eigenvalue weighted by Crippen LogP contribution is -1.99. The van der Waals surface area contributed by atoms with Crippen LogP contribution in [-0.4, -0.2) is 28.2 Å². The Kier molecular flexibility index (Phi) is 4.03. The second kappa shape index (κ2) is 6.46. The SMILES string of the molecule is N#CCOc1ccc(-c2nc3ncccc3[nH]2)c(OCC#N)c1. The first kappa shape index (κ1) is 14.4. The number of aromatic amines is 1. The Morgan fingerprint density at radius 2 is 1.91 bits per heavy atom. The minimum absolute atomic E-state index is 0.0639. The van der Waals surface area contributed by atoms with Crippen molar-refractivity contribution >= 4 is 11.2 Å². The number of hydrogen-bond donors (Lipinski definition) is 1. The van der Waals surface area contributed by atoms with Gasteiger partial charge < -0.3 is 14.5 Å². The minimum atomic E-state index is -0.104. The number of rotatable bonds is 5. The molecule has 0 saturated carbocycles. The molecule has 2 heterocycles. The molecule has 2 aromatic heterocycles. The molecule has 0 aliphatic rings. The summed E-state index contributed by atoms with van der Waals surface area (Å²) in [5, 5.41) is 17.3. The van der Waals surface area contributed by atoms with Gasteiger partial charge in [0.25, 0.3) is 0 Å². The molecule has 0 aliphatic heterocycles. The second-order valence-corrected chi connectivity index (χ2v) is 4.51. The van der Waals surface area contributed by atoms with Gasteiger partial charge in [-0.05, 0) is 24.3 Å². The summed E-state index contributed by atoms with van der Waals surface area (Å²) >= 11 is 0. The van der Waals surface area contributed by atoms with Crippen LogP contribution >= 0.6 is 0 Å². The van der Waals surface area contributed by atoms with Crippen LogP contribution in [0.2, 0.25) is 0 Å². The van der Waals surface area contributed by atoms with E-state index >= 15 is 0 Å². The molecule has 3 rings (SSSR count). The first-order valence-electron chi connectivity index (χ1n) is 6.76. The molecule has 23 heavy (non-hydrogen) atoms. The van der Waals surface area contributed by atoms with Gasteiger partial charge in [0, 0.05) is 12.3 Å². The van der Waals surface area contributed by atoms with Gasteiger partial charge in [-0.25, -0.2) is 9.97 Å². The number of nitrogens with zero attached hydrogens (tertiary/aromatic N) is 4. The Hall–Kier alpha value is -3.58. The van der Waals surface area contributed by atoms with Crippen LogP contribution in [0, 0.1) is 22.7 Å². The van der Waals surface area contributed by atoms with Gasteiger partial charge in [-0.15, -0.1) is 0 Å². The summed E-state index contributed by atoms with van der Waals surface area (Å²) in [4.78, 5) is 11.8. The molecule has 0 atom stereocenters. The third-order valence-corrected chi connectivity index (χ3v) is 3.06. The largest absolute Gasteiger partial charge is 0.479 e. The molecule has 0 fully saturated rings. The van der Waals surface area contributed by atoms with Crippen molar-refractivity contribution in [3.05, 3.63) is 36.5 Å². The van der Waals surface area contributed by atoms with E-state index in [1.165, 1.54) is 0 Å². The summed E-state index contributed by atoms with van der Waals surface area (Å²) in [7, 11) is 0. The van der Waals surface area contributed by atoms with Crippen molar-refractivity contribution in [3.63, 3.8) is 0 Å². The van der Waals surface area contributed by atoms with Gasteiger partial charge in [-0.1, -0.05) is 0 Å². The molecule has 1 N–H and O–H groups in total. The van der Waals surface area contributed by atoms with Gasteiger partial charge in [0.05, 0.1) is 11.1 Å². The number of fused-ring (bicyclic) bond motifs is 1. The van der Waals surface area contributed by atoms with E-state index in [2.05, 4.69) is 15.0 Å². The molecule has 0 bridgehead atoms. The van der Waals surface area contributed by atoms with Gasteiger partial charge in [0.2, 0.25) is 0 Å². The van der Waals surface area contributed by atoms with E-state index in [0.29, 0.717) is 28.5 Å². The Balaban J connectivity index is 2.02. The molecular weight excluding hydrogens is 294 g/mol. The van der Waals surface area contributed by atoms with Crippen LogP contribution in [0.3, 0.4) is 0 Å². The number of hydrogen-bond acceptors (Lipinski definition) is 6. The molecule has 0 spiro atoms. The second-order valence-electron chi connectivity index (χ2n) is 4.51. The van der Waals surface area contributed by atoms with Crippen LogP contribution in [0.15, 0.2) is 36.5 Å². The zero-order chi connectivity index (χ0) is 16.1. The van der Waals surface area contributed by atoms with Crippen molar-refractivity contribution in [2.75, 3.05) is 13.2 Å². The highest BCUT2D eigenvalue weighted by molar-refractivity contribution is 5.77. The van der Waals surface area contributed by atoms with Gasteiger partial charge in [-0.3, -0.25) is 0 Å². The number of imidazole rings is 1. The maximum atomic E-state index is 8.73. The van der Waals surface area contributed by atoms with Gasteiger partial charge in [-0.2, -0.15) is 10.5 Å². The Morgan fingerprint density at radius 3 is 2.70 bits per heavy atom. The van der Waals surface area contributed by atoms with Crippen LogP contribution in [0.4, 0.5) is 0 Å². The maximum absolute atomic E-state index is 8.73. The number of nitriles is 2. The molecule has 0 unspecified atom stereocenters. The predicted molar refractivity (Wildman–Crippen MR) is 81.5 cm³/mol. The van der Waals surface area contributed by atoms with Gasteiger partial charge in [0.15, 0.2) is 18.9 Å². The average molecular weight is 305 g/mol. The zero-order valence-corrected chi connectivity index (χ0v) is 12.0. The van der Waals surface area contributed by atoms with Crippen molar-refractivity contribution in [1.29, 1.82) is 10.5 Å². The predicted octanol–water partition coefficient (Wildman–Crippen LogP) is 2.43. The number of ether oxygens (including phenoxy) is 2. The van der Waals surface area contributed by atoms with E-state index in [-0.39, 0.29) is 13.2 Å².